The number of carboxylic acids is 1. The monoisotopic (exact) mass is 295 g/mol. The van der Waals surface area contributed by atoms with Gasteiger partial charge in [0.15, 0.2) is 6.61 Å². The Morgan fingerprint density at radius 2 is 1.86 bits per heavy atom. The fourth-order valence-corrected chi connectivity index (χ4v) is 2.25. The molecule has 1 aliphatic heterocycles. The molecule has 0 fully saturated rings. The first-order valence-electron chi connectivity index (χ1n) is 6.70. The average Bonchev–Trinajstić information content (AvgIpc) is 2.83. The van der Waals surface area contributed by atoms with Gasteiger partial charge in [0.1, 0.15) is 5.75 Å². The molecule has 0 saturated carbocycles. The SMILES string of the molecule is O=C(O)COc1ccc(/C=C2\C(=O)Nc3ccccc32)cc1. The lowest BCUT2D eigenvalue weighted by Crippen LogP contribution is -2.09. The van der Waals surface area contributed by atoms with Crippen molar-refractivity contribution >= 4 is 29.2 Å². The molecule has 0 aliphatic carbocycles. The van der Waals surface area contributed by atoms with Gasteiger partial charge in [-0.2, -0.15) is 0 Å². The lowest BCUT2D eigenvalue weighted by molar-refractivity contribution is -0.139. The molecule has 22 heavy (non-hydrogen) atoms. The molecule has 0 saturated heterocycles. The maximum atomic E-state index is 12.0. The van der Waals surface area contributed by atoms with Crippen LogP contribution in [0.3, 0.4) is 0 Å². The lowest BCUT2D eigenvalue weighted by atomic mass is 10.0. The van der Waals surface area contributed by atoms with Crippen molar-refractivity contribution in [2.24, 2.45) is 0 Å². The summed E-state index contributed by atoms with van der Waals surface area (Å²) in [5.41, 5.74) is 3.12. The van der Waals surface area contributed by atoms with E-state index in [1.165, 1.54) is 0 Å². The van der Waals surface area contributed by atoms with E-state index in [-0.39, 0.29) is 12.5 Å². The van der Waals surface area contributed by atoms with E-state index in [2.05, 4.69) is 5.32 Å². The number of anilines is 1. The van der Waals surface area contributed by atoms with E-state index in [0.717, 1.165) is 16.8 Å². The molecule has 2 aromatic rings. The molecule has 5 heteroatoms. The van der Waals surface area contributed by atoms with Gasteiger partial charge in [0.2, 0.25) is 0 Å². The number of hydrogen-bond acceptors (Lipinski definition) is 3. The van der Waals surface area contributed by atoms with Gasteiger partial charge in [-0.1, -0.05) is 30.3 Å². The van der Waals surface area contributed by atoms with Gasteiger partial charge in [-0.05, 0) is 29.8 Å². The molecule has 1 amide bonds. The number of amides is 1. The maximum absolute atomic E-state index is 12.0. The van der Waals surface area contributed by atoms with Gasteiger partial charge in [0, 0.05) is 16.8 Å². The smallest absolute Gasteiger partial charge is 0.341 e. The standard InChI is InChI=1S/C17H13NO4/c19-16(20)10-22-12-7-5-11(6-8-12)9-14-13-3-1-2-4-15(13)18-17(14)21/h1-9H,10H2,(H,18,21)(H,19,20)/b14-9-. The second-order valence-electron chi connectivity index (χ2n) is 4.81. The molecule has 0 bridgehead atoms. The lowest BCUT2D eigenvalue weighted by Gasteiger charge is -2.03. The zero-order valence-corrected chi connectivity index (χ0v) is 11.6. The second-order valence-corrected chi connectivity index (χ2v) is 4.81. The van der Waals surface area contributed by atoms with Crippen LogP contribution in [0, 0.1) is 0 Å². The average molecular weight is 295 g/mol. The predicted octanol–water partition coefficient (Wildman–Crippen LogP) is 2.64. The maximum Gasteiger partial charge on any atom is 0.341 e. The first-order valence-corrected chi connectivity index (χ1v) is 6.70. The van der Waals surface area contributed by atoms with Crippen molar-refractivity contribution in [2.75, 3.05) is 11.9 Å². The van der Waals surface area contributed by atoms with Crippen molar-refractivity contribution < 1.29 is 19.4 Å². The van der Waals surface area contributed by atoms with Crippen LogP contribution < -0.4 is 10.1 Å². The summed E-state index contributed by atoms with van der Waals surface area (Å²) in [6.45, 7) is -0.379. The molecule has 0 spiro atoms. The van der Waals surface area contributed by atoms with Crippen LogP contribution in [0.5, 0.6) is 5.75 Å². The van der Waals surface area contributed by atoms with Crippen molar-refractivity contribution in [3.8, 4) is 5.75 Å². The Balaban J connectivity index is 1.83. The van der Waals surface area contributed by atoms with Gasteiger partial charge in [-0.3, -0.25) is 4.79 Å². The number of para-hydroxylation sites is 1. The summed E-state index contributed by atoms with van der Waals surface area (Å²) in [5.74, 6) is -0.682. The van der Waals surface area contributed by atoms with Crippen molar-refractivity contribution in [3.63, 3.8) is 0 Å². The first-order chi connectivity index (χ1) is 10.6. The normalized spacial score (nSPS) is 14.5. The number of benzene rings is 2. The zero-order valence-electron chi connectivity index (χ0n) is 11.6. The van der Waals surface area contributed by atoms with Crippen LogP contribution >= 0.6 is 0 Å². The molecule has 0 aromatic heterocycles. The number of fused-ring (bicyclic) bond motifs is 1. The summed E-state index contributed by atoms with van der Waals surface area (Å²) < 4.78 is 5.07. The van der Waals surface area contributed by atoms with Crippen LogP contribution in [0.2, 0.25) is 0 Å². The van der Waals surface area contributed by atoms with Crippen molar-refractivity contribution in [1.82, 2.24) is 0 Å². The number of aliphatic carboxylic acids is 1. The molecular formula is C17H13NO4. The van der Waals surface area contributed by atoms with Crippen LogP contribution in [0.4, 0.5) is 5.69 Å². The van der Waals surface area contributed by atoms with E-state index in [0.29, 0.717) is 11.3 Å². The number of ether oxygens (including phenoxy) is 1. The molecular weight excluding hydrogens is 282 g/mol. The topological polar surface area (TPSA) is 75.6 Å². The minimum atomic E-state index is -1.02. The van der Waals surface area contributed by atoms with E-state index >= 15 is 0 Å². The Labute approximate surface area is 126 Å². The molecule has 110 valence electrons. The van der Waals surface area contributed by atoms with Crippen LogP contribution in [-0.2, 0) is 9.59 Å². The summed E-state index contributed by atoms with van der Waals surface area (Å²) in [4.78, 5) is 22.5. The number of carbonyl (C=O) groups excluding carboxylic acids is 1. The first kappa shape index (κ1) is 13.9. The van der Waals surface area contributed by atoms with E-state index in [4.69, 9.17) is 9.84 Å². The molecule has 1 aliphatic rings. The van der Waals surface area contributed by atoms with Gasteiger partial charge in [0.05, 0.1) is 0 Å². The number of carbonyl (C=O) groups is 2. The number of nitrogens with one attached hydrogen (secondary N) is 1. The largest absolute Gasteiger partial charge is 0.482 e. The minimum Gasteiger partial charge on any atom is -0.482 e. The van der Waals surface area contributed by atoms with Crippen LogP contribution in [0.15, 0.2) is 48.5 Å². The third-order valence-electron chi connectivity index (χ3n) is 3.26. The summed E-state index contributed by atoms with van der Waals surface area (Å²) in [6, 6.07) is 14.4. The van der Waals surface area contributed by atoms with Gasteiger partial charge in [0.25, 0.3) is 5.91 Å². The minimum absolute atomic E-state index is 0.132. The van der Waals surface area contributed by atoms with Crippen LogP contribution in [0.25, 0.3) is 11.6 Å². The van der Waals surface area contributed by atoms with Gasteiger partial charge in [-0.25, -0.2) is 4.79 Å². The third-order valence-corrected chi connectivity index (χ3v) is 3.26. The summed E-state index contributed by atoms with van der Waals surface area (Å²) in [7, 11) is 0. The molecule has 0 unspecified atom stereocenters. The van der Waals surface area contributed by atoms with E-state index < -0.39 is 5.97 Å². The van der Waals surface area contributed by atoms with Crippen LogP contribution in [-0.4, -0.2) is 23.6 Å². The Bertz CT molecular complexity index is 762. The Hall–Kier alpha value is -3.08. The Morgan fingerprint density at radius 3 is 2.59 bits per heavy atom. The molecule has 5 nitrogen and oxygen atoms in total. The summed E-state index contributed by atoms with van der Waals surface area (Å²) in [6.07, 6.45) is 1.79. The molecule has 0 radical (unpaired) electrons. The molecule has 1 heterocycles. The Kier molecular flexibility index (Phi) is 3.62. The summed E-state index contributed by atoms with van der Waals surface area (Å²) >= 11 is 0. The Morgan fingerprint density at radius 1 is 1.14 bits per heavy atom. The van der Waals surface area contributed by atoms with Crippen molar-refractivity contribution in [3.05, 3.63) is 59.7 Å². The molecule has 3 rings (SSSR count). The van der Waals surface area contributed by atoms with Gasteiger partial charge in [-0.15, -0.1) is 0 Å². The highest BCUT2D eigenvalue weighted by Crippen LogP contribution is 2.32. The number of carboxylic acid groups (broad SMARTS) is 1. The van der Waals surface area contributed by atoms with E-state index in [1.54, 1.807) is 30.3 Å². The zero-order chi connectivity index (χ0) is 15.5. The molecule has 0 atom stereocenters. The quantitative estimate of drug-likeness (QED) is 0.850. The number of hydrogen-bond donors (Lipinski definition) is 2. The summed E-state index contributed by atoms with van der Waals surface area (Å²) in [5, 5.41) is 11.4. The third kappa shape index (κ3) is 2.83. The second kappa shape index (κ2) is 5.73. The highest BCUT2D eigenvalue weighted by Gasteiger charge is 2.23. The molecule has 2 aromatic carbocycles. The predicted molar refractivity (Wildman–Crippen MR) is 82.5 cm³/mol. The fraction of sp³-hybridized carbons (Fsp3) is 0.0588. The highest BCUT2D eigenvalue weighted by molar-refractivity contribution is 6.34. The number of rotatable bonds is 4. The highest BCUT2D eigenvalue weighted by atomic mass is 16.5. The van der Waals surface area contributed by atoms with Crippen molar-refractivity contribution in [2.45, 2.75) is 0 Å². The van der Waals surface area contributed by atoms with Gasteiger partial charge < -0.3 is 15.2 Å². The van der Waals surface area contributed by atoms with E-state index in [1.807, 2.05) is 24.3 Å². The van der Waals surface area contributed by atoms with E-state index in [9.17, 15) is 9.59 Å². The fourth-order valence-electron chi connectivity index (χ4n) is 2.25. The van der Waals surface area contributed by atoms with Gasteiger partial charge >= 0.3 is 5.97 Å². The van der Waals surface area contributed by atoms with Crippen LogP contribution in [0.1, 0.15) is 11.1 Å². The molecule has 2 N–H and O–H groups in total. The van der Waals surface area contributed by atoms with Crippen molar-refractivity contribution in [1.29, 1.82) is 0 Å².